The average Bonchev–Trinajstić information content (AvgIpc) is 3.25. The second-order valence-electron chi connectivity index (χ2n) is 8.73. The lowest BCUT2D eigenvalue weighted by atomic mass is 10.2. The maximum absolute atomic E-state index is 13.2. The third-order valence-electron chi connectivity index (χ3n) is 5.84. The van der Waals surface area contributed by atoms with Crippen LogP contribution in [0.15, 0.2) is 53.3 Å². The van der Waals surface area contributed by atoms with E-state index >= 15 is 0 Å². The molecular formula is C27H26F4N6O3S. The summed E-state index contributed by atoms with van der Waals surface area (Å²) in [6, 6.07) is 14.1. The van der Waals surface area contributed by atoms with Crippen LogP contribution in [0.3, 0.4) is 0 Å². The summed E-state index contributed by atoms with van der Waals surface area (Å²) < 4.78 is 51.9. The number of rotatable bonds is 9. The molecule has 3 aromatic rings. The Kier molecular flexibility index (Phi) is 9.90. The van der Waals surface area contributed by atoms with E-state index in [1.807, 2.05) is 0 Å². The third-order valence-corrected chi connectivity index (χ3v) is 6.97. The van der Waals surface area contributed by atoms with E-state index in [0.29, 0.717) is 17.1 Å². The SMILES string of the molecule is CCn1c(=C(C#N)C(=O)NCC(F)(F)F)sc(=CNc2cccc(N(C)C(=O)CN(C)c3ccc(F)cc3)c2)c1=O. The highest BCUT2D eigenvalue weighted by molar-refractivity contribution is 7.07. The van der Waals surface area contributed by atoms with Crippen molar-refractivity contribution in [2.75, 3.05) is 42.3 Å². The molecule has 41 heavy (non-hydrogen) atoms. The van der Waals surface area contributed by atoms with E-state index < -0.39 is 29.8 Å². The van der Waals surface area contributed by atoms with Gasteiger partial charge in [-0.1, -0.05) is 6.07 Å². The first-order valence-electron chi connectivity index (χ1n) is 12.1. The Balaban J connectivity index is 1.83. The van der Waals surface area contributed by atoms with Crippen LogP contribution in [0.4, 0.5) is 34.6 Å². The lowest BCUT2D eigenvalue weighted by Crippen LogP contribution is -2.37. The molecule has 0 fully saturated rings. The van der Waals surface area contributed by atoms with Crippen molar-refractivity contribution >= 4 is 52.0 Å². The predicted octanol–water partition coefficient (Wildman–Crippen LogP) is 2.37. The van der Waals surface area contributed by atoms with Gasteiger partial charge in [-0.3, -0.25) is 19.0 Å². The predicted molar refractivity (Wildman–Crippen MR) is 149 cm³/mol. The van der Waals surface area contributed by atoms with Crippen LogP contribution in [0.1, 0.15) is 6.92 Å². The minimum Gasteiger partial charge on any atom is -0.365 e. The Morgan fingerprint density at radius 3 is 2.41 bits per heavy atom. The van der Waals surface area contributed by atoms with Crippen molar-refractivity contribution in [3.8, 4) is 6.07 Å². The molecule has 9 nitrogen and oxygen atoms in total. The Morgan fingerprint density at radius 1 is 1.12 bits per heavy atom. The summed E-state index contributed by atoms with van der Waals surface area (Å²) in [6.45, 7) is 0.0794. The van der Waals surface area contributed by atoms with Crippen LogP contribution in [0.25, 0.3) is 11.8 Å². The monoisotopic (exact) mass is 590 g/mol. The third kappa shape index (κ3) is 7.95. The smallest absolute Gasteiger partial charge is 0.365 e. The fourth-order valence-electron chi connectivity index (χ4n) is 3.65. The Morgan fingerprint density at radius 2 is 1.80 bits per heavy atom. The van der Waals surface area contributed by atoms with Gasteiger partial charge < -0.3 is 20.4 Å². The number of hydrogen-bond donors (Lipinski definition) is 2. The Hall–Kier alpha value is -4.64. The summed E-state index contributed by atoms with van der Waals surface area (Å²) in [5.41, 5.74) is 0.578. The van der Waals surface area contributed by atoms with E-state index in [1.54, 1.807) is 73.7 Å². The molecule has 14 heteroatoms. The van der Waals surface area contributed by atoms with Crippen LogP contribution in [0, 0.1) is 17.1 Å². The summed E-state index contributed by atoms with van der Waals surface area (Å²) in [6.07, 6.45) is -3.31. The molecule has 3 rings (SSSR count). The maximum atomic E-state index is 13.2. The molecule has 0 saturated carbocycles. The molecule has 1 heterocycles. The average molecular weight is 591 g/mol. The quantitative estimate of drug-likeness (QED) is 0.371. The molecule has 0 bridgehead atoms. The molecule has 0 aliphatic carbocycles. The van der Waals surface area contributed by atoms with Crippen molar-refractivity contribution in [3.63, 3.8) is 0 Å². The molecule has 1 aromatic heterocycles. The topological polar surface area (TPSA) is 110 Å². The first-order chi connectivity index (χ1) is 19.3. The van der Waals surface area contributed by atoms with E-state index in [-0.39, 0.29) is 34.0 Å². The molecule has 2 amide bonds. The number of hydrogen-bond acceptors (Lipinski definition) is 7. The molecule has 0 aliphatic heterocycles. The number of thiazole rings is 1. The van der Waals surface area contributed by atoms with Crippen LogP contribution in [0.5, 0.6) is 0 Å². The van der Waals surface area contributed by atoms with E-state index in [0.717, 1.165) is 15.9 Å². The van der Waals surface area contributed by atoms with Crippen LogP contribution >= 0.6 is 11.3 Å². The zero-order valence-corrected chi connectivity index (χ0v) is 23.1. The number of nitrogens with zero attached hydrogens (tertiary/aromatic N) is 4. The van der Waals surface area contributed by atoms with E-state index in [4.69, 9.17) is 0 Å². The molecule has 2 aromatic carbocycles. The number of likely N-dealkylation sites (N-methyl/N-ethyl adjacent to an activating group) is 2. The molecule has 0 atom stereocenters. The molecule has 0 radical (unpaired) electrons. The number of aromatic nitrogens is 1. The number of anilines is 3. The van der Waals surface area contributed by atoms with E-state index in [2.05, 4.69) is 5.32 Å². The van der Waals surface area contributed by atoms with Gasteiger partial charge in [0.25, 0.3) is 11.5 Å². The minimum atomic E-state index is -4.66. The van der Waals surface area contributed by atoms with Crippen molar-refractivity contribution in [2.45, 2.75) is 19.6 Å². The van der Waals surface area contributed by atoms with Crippen molar-refractivity contribution < 1.29 is 27.2 Å². The lowest BCUT2D eigenvalue weighted by molar-refractivity contribution is -0.135. The van der Waals surface area contributed by atoms with Gasteiger partial charge in [0, 0.05) is 43.9 Å². The normalized spacial score (nSPS) is 12.4. The van der Waals surface area contributed by atoms with E-state index in [1.165, 1.54) is 23.2 Å². The van der Waals surface area contributed by atoms with E-state index in [9.17, 15) is 37.2 Å². The molecule has 0 spiro atoms. The molecule has 0 unspecified atom stereocenters. The maximum Gasteiger partial charge on any atom is 0.405 e. The highest BCUT2D eigenvalue weighted by Gasteiger charge is 2.29. The Labute approximate surface area is 236 Å². The number of alkyl halides is 3. The minimum absolute atomic E-state index is 0.0225. The summed E-state index contributed by atoms with van der Waals surface area (Å²) in [4.78, 5) is 41.1. The summed E-state index contributed by atoms with van der Waals surface area (Å²) in [7, 11) is 3.30. The van der Waals surface area contributed by atoms with Crippen molar-refractivity contribution in [3.05, 3.63) is 73.9 Å². The van der Waals surface area contributed by atoms with Gasteiger partial charge >= 0.3 is 6.18 Å². The standard InChI is InChI=1S/C27H26F4N6O3S/c1-4-37-25(40)22(41-26(37)21(13-32)24(39)34-16-27(29,30)31)14-33-18-6-5-7-20(12-18)36(3)23(38)15-35(2)19-10-8-17(28)9-11-19/h5-12,14,33H,4,15-16H2,1-3H3,(H,34,39). The second kappa shape index (κ2) is 13.1. The van der Waals surface area contributed by atoms with Gasteiger partial charge in [-0.05, 0) is 49.4 Å². The number of nitrogens with one attached hydrogen (secondary N) is 2. The molecule has 0 saturated heterocycles. The van der Waals surface area contributed by atoms with Gasteiger partial charge in [-0.25, -0.2) is 4.39 Å². The van der Waals surface area contributed by atoms with Crippen LogP contribution in [0.2, 0.25) is 0 Å². The number of nitriles is 1. The summed E-state index contributed by atoms with van der Waals surface area (Å²) in [5.74, 6) is -1.86. The zero-order chi connectivity index (χ0) is 30.3. The van der Waals surface area contributed by atoms with Crippen molar-refractivity contribution in [1.29, 1.82) is 5.26 Å². The molecule has 0 aliphatic rings. The van der Waals surface area contributed by atoms with Gasteiger partial charge in [0.1, 0.15) is 27.6 Å². The van der Waals surface area contributed by atoms with Gasteiger partial charge in [0.2, 0.25) is 5.91 Å². The number of carbonyl (C=O) groups is 2. The van der Waals surface area contributed by atoms with Gasteiger partial charge in [-0.2, -0.15) is 18.4 Å². The number of amides is 2. The highest BCUT2D eigenvalue weighted by atomic mass is 32.1. The number of halogens is 4. The van der Waals surface area contributed by atoms with Crippen molar-refractivity contribution in [2.24, 2.45) is 0 Å². The first kappa shape index (κ1) is 30.9. The lowest BCUT2D eigenvalue weighted by Gasteiger charge is -2.23. The molecule has 216 valence electrons. The fourth-order valence-corrected chi connectivity index (χ4v) is 4.74. The number of benzene rings is 2. The number of carbonyl (C=O) groups excluding carboxylic acids is 2. The van der Waals surface area contributed by atoms with Crippen LogP contribution < -0.4 is 35.2 Å². The summed E-state index contributed by atoms with van der Waals surface area (Å²) in [5, 5.41) is 14.1. The fraction of sp³-hybridized carbons (Fsp3) is 0.259. The first-order valence-corrected chi connectivity index (χ1v) is 12.9. The summed E-state index contributed by atoms with van der Waals surface area (Å²) >= 11 is 0.783. The zero-order valence-electron chi connectivity index (χ0n) is 22.3. The second-order valence-corrected chi connectivity index (χ2v) is 9.76. The van der Waals surface area contributed by atoms with Gasteiger partial charge in [-0.15, -0.1) is 11.3 Å². The van der Waals surface area contributed by atoms with Crippen LogP contribution in [-0.2, 0) is 16.1 Å². The Bertz CT molecular complexity index is 1640. The van der Waals surface area contributed by atoms with Gasteiger partial charge in [0.15, 0.2) is 5.57 Å². The highest BCUT2D eigenvalue weighted by Crippen LogP contribution is 2.20. The van der Waals surface area contributed by atoms with Crippen LogP contribution in [-0.4, -0.2) is 49.7 Å². The van der Waals surface area contributed by atoms with Crippen molar-refractivity contribution in [1.82, 2.24) is 9.88 Å². The van der Waals surface area contributed by atoms with Gasteiger partial charge in [0.05, 0.1) is 6.54 Å². The largest absolute Gasteiger partial charge is 0.405 e. The molecular weight excluding hydrogens is 564 g/mol. The molecule has 2 N–H and O–H groups in total.